The van der Waals surface area contributed by atoms with E-state index in [9.17, 15) is 5.11 Å². The molecule has 19 heavy (non-hydrogen) atoms. The van der Waals surface area contributed by atoms with Gasteiger partial charge in [0.1, 0.15) is 12.2 Å². The number of aliphatic hydroxyl groups excluding tert-OH is 1. The molecule has 1 aromatic carbocycles. The van der Waals surface area contributed by atoms with Gasteiger partial charge in [0.25, 0.3) is 0 Å². The lowest BCUT2D eigenvalue weighted by Crippen LogP contribution is -2.33. The quantitative estimate of drug-likeness (QED) is 0.807. The number of aliphatic hydroxyl groups is 1. The van der Waals surface area contributed by atoms with Gasteiger partial charge in [-0.1, -0.05) is 24.6 Å². The van der Waals surface area contributed by atoms with Gasteiger partial charge in [-0.3, -0.25) is 0 Å². The number of rotatable bonds is 2. The minimum Gasteiger partial charge on any atom is -0.394 e. The van der Waals surface area contributed by atoms with Gasteiger partial charge in [-0.2, -0.15) is 0 Å². The first-order valence-electron chi connectivity index (χ1n) is 6.95. The molecular weight excluding hydrogens is 355 g/mol. The van der Waals surface area contributed by atoms with Crippen LogP contribution in [0, 0.1) is 3.57 Å². The van der Waals surface area contributed by atoms with Crippen molar-refractivity contribution in [2.24, 2.45) is 0 Å². The lowest BCUT2D eigenvalue weighted by molar-refractivity contribution is -0.196. The minimum absolute atomic E-state index is 0.0113. The second-order valence-corrected chi connectivity index (χ2v) is 6.53. The molecule has 2 aliphatic rings. The fraction of sp³-hybridized carbons (Fsp3) is 0.600. The summed E-state index contributed by atoms with van der Waals surface area (Å²) < 4.78 is 13.5. The Morgan fingerprint density at radius 1 is 1.16 bits per heavy atom. The molecule has 0 amide bonds. The van der Waals surface area contributed by atoms with Gasteiger partial charge in [0.2, 0.25) is 0 Å². The Bertz CT molecular complexity index is 443. The van der Waals surface area contributed by atoms with E-state index >= 15 is 0 Å². The topological polar surface area (TPSA) is 38.7 Å². The zero-order valence-corrected chi connectivity index (χ0v) is 13.0. The summed E-state index contributed by atoms with van der Waals surface area (Å²) >= 11 is 2.32. The Morgan fingerprint density at radius 3 is 2.58 bits per heavy atom. The van der Waals surface area contributed by atoms with Crippen LogP contribution in [0.4, 0.5) is 0 Å². The molecule has 1 N–H and O–H groups in total. The Balaban J connectivity index is 1.87. The number of benzene rings is 1. The Hall–Kier alpha value is -0.170. The van der Waals surface area contributed by atoms with Gasteiger partial charge < -0.3 is 14.6 Å². The molecule has 1 aliphatic heterocycles. The van der Waals surface area contributed by atoms with Gasteiger partial charge in [0, 0.05) is 16.4 Å². The summed E-state index contributed by atoms with van der Waals surface area (Å²) in [4.78, 5) is 0. The Morgan fingerprint density at radius 2 is 1.89 bits per heavy atom. The third kappa shape index (κ3) is 2.68. The monoisotopic (exact) mass is 374 g/mol. The van der Waals surface area contributed by atoms with Crippen LogP contribution < -0.4 is 0 Å². The first-order chi connectivity index (χ1) is 9.24. The summed E-state index contributed by atoms with van der Waals surface area (Å²) in [5.74, 6) is -0.449. The summed E-state index contributed by atoms with van der Waals surface area (Å²) in [5, 5.41) is 9.60. The zero-order valence-electron chi connectivity index (χ0n) is 10.8. The fourth-order valence-electron chi connectivity index (χ4n) is 3.10. The molecule has 3 nitrogen and oxygen atoms in total. The maximum atomic E-state index is 9.60. The summed E-state index contributed by atoms with van der Waals surface area (Å²) in [5.41, 5.74) is 1.13. The fourth-order valence-corrected chi connectivity index (χ4v) is 3.80. The van der Waals surface area contributed by atoms with Gasteiger partial charge >= 0.3 is 0 Å². The van der Waals surface area contributed by atoms with Crippen LogP contribution in [-0.4, -0.2) is 23.6 Å². The van der Waals surface area contributed by atoms with Crippen molar-refractivity contribution in [2.45, 2.75) is 50.1 Å². The van der Waals surface area contributed by atoms with E-state index in [0.717, 1.165) is 31.2 Å². The molecule has 0 bridgehead atoms. The second-order valence-electron chi connectivity index (χ2n) is 5.37. The van der Waals surface area contributed by atoms with Crippen LogP contribution in [0.25, 0.3) is 0 Å². The van der Waals surface area contributed by atoms with E-state index in [1.807, 2.05) is 12.1 Å². The van der Waals surface area contributed by atoms with Crippen LogP contribution >= 0.6 is 22.6 Å². The molecule has 1 saturated heterocycles. The van der Waals surface area contributed by atoms with E-state index in [0.29, 0.717) is 0 Å². The highest BCUT2D eigenvalue weighted by Gasteiger charge is 2.48. The average Bonchev–Trinajstić information content (AvgIpc) is 2.78. The van der Waals surface area contributed by atoms with Crippen LogP contribution in [0.15, 0.2) is 24.3 Å². The van der Waals surface area contributed by atoms with Crippen molar-refractivity contribution in [2.75, 3.05) is 6.61 Å². The number of hydrogen-bond donors (Lipinski definition) is 1. The van der Waals surface area contributed by atoms with E-state index in [-0.39, 0.29) is 18.8 Å². The molecule has 104 valence electrons. The number of halogens is 1. The van der Waals surface area contributed by atoms with Gasteiger partial charge in [-0.25, -0.2) is 0 Å². The molecule has 1 spiro atoms. The first-order valence-corrected chi connectivity index (χ1v) is 8.03. The second kappa shape index (κ2) is 5.68. The Kier molecular flexibility index (Phi) is 4.12. The minimum atomic E-state index is -0.449. The predicted molar refractivity (Wildman–Crippen MR) is 80.8 cm³/mol. The highest BCUT2D eigenvalue weighted by atomic mass is 127. The largest absolute Gasteiger partial charge is 0.394 e. The molecule has 1 heterocycles. The van der Waals surface area contributed by atoms with Gasteiger partial charge in [0.15, 0.2) is 5.79 Å². The van der Waals surface area contributed by atoms with Crippen molar-refractivity contribution in [3.05, 3.63) is 33.4 Å². The van der Waals surface area contributed by atoms with Crippen molar-refractivity contribution < 1.29 is 14.6 Å². The first kappa shape index (κ1) is 13.8. The molecule has 0 unspecified atom stereocenters. The van der Waals surface area contributed by atoms with Gasteiger partial charge in [-0.15, -0.1) is 0 Å². The van der Waals surface area contributed by atoms with Crippen molar-refractivity contribution >= 4 is 22.6 Å². The van der Waals surface area contributed by atoms with E-state index in [2.05, 4.69) is 34.7 Å². The SMILES string of the molecule is OC[C@H]1OC2(CCCCC2)O[C@@H]1c1ccccc1I. The predicted octanol–water partition coefficient (Wildman–Crippen LogP) is 3.40. The highest BCUT2D eigenvalue weighted by molar-refractivity contribution is 14.1. The third-order valence-electron chi connectivity index (χ3n) is 4.05. The molecule has 2 fully saturated rings. The molecule has 1 aromatic rings. The molecular formula is C15H19IO3. The number of ether oxygens (including phenoxy) is 2. The maximum Gasteiger partial charge on any atom is 0.169 e. The lowest BCUT2D eigenvalue weighted by Gasteiger charge is -2.32. The van der Waals surface area contributed by atoms with Crippen molar-refractivity contribution in [1.82, 2.24) is 0 Å². The lowest BCUT2D eigenvalue weighted by atomic mass is 9.94. The normalized spacial score (nSPS) is 29.8. The molecule has 1 saturated carbocycles. The van der Waals surface area contributed by atoms with Gasteiger partial charge in [0.05, 0.1) is 6.61 Å². The van der Waals surface area contributed by atoms with E-state index in [4.69, 9.17) is 9.47 Å². The summed E-state index contributed by atoms with van der Waals surface area (Å²) in [6.07, 6.45) is 5.07. The standard InChI is InChI=1S/C15H19IO3/c16-12-7-3-2-6-11(12)14-13(10-17)18-15(19-14)8-4-1-5-9-15/h2-3,6-7,13-14,17H,1,4-5,8-10H2/t13-,14-/m1/s1. The Labute approximate surface area is 127 Å². The average molecular weight is 374 g/mol. The highest BCUT2D eigenvalue weighted by Crippen LogP contribution is 2.46. The summed E-state index contributed by atoms with van der Waals surface area (Å²) in [6, 6.07) is 8.17. The molecule has 2 atom stereocenters. The molecule has 3 rings (SSSR count). The summed E-state index contributed by atoms with van der Waals surface area (Å²) in [7, 11) is 0. The molecule has 0 aromatic heterocycles. The van der Waals surface area contributed by atoms with Crippen molar-refractivity contribution in [1.29, 1.82) is 0 Å². The molecule has 1 aliphatic carbocycles. The summed E-state index contributed by atoms with van der Waals surface area (Å²) in [6.45, 7) is 0.0113. The van der Waals surface area contributed by atoms with Crippen LogP contribution in [0.2, 0.25) is 0 Å². The van der Waals surface area contributed by atoms with Crippen LogP contribution in [0.5, 0.6) is 0 Å². The smallest absolute Gasteiger partial charge is 0.169 e. The van der Waals surface area contributed by atoms with E-state index in [1.165, 1.54) is 9.99 Å². The van der Waals surface area contributed by atoms with Crippen molar-refractivity contribution in [3.63, 3.8) is 0 Å². The maximum absolute atomic E-state index is 9.60. The van der Waals surface area contributed by atoms with Crippen LogP contribution in [-0.2, 0) is 9.47 Å². The molecule has 4 heteroatoms. The molecule has 0 radical (unpaired) electrons. The van der Waals surface area contributed by atoms with Gasteiger partial charge in [-0.05, 0) is 47.1 Å². The van der Waals surface area contributed by atoms with Crippen molar-refractivity contribution in [3.8, 4) is 0 Å². The third-order valence-corrected chi connectivity index (χ3v) is 5.04. The number of hydrogen-bond acceptors (Lipinski definition) is 3. The van der Waals surface area contributed by atoms with E-state index < -0.39 is 5.79 Å². The van der Waals surface area contributed by atoms with E-state index in [1.54, 1.807) is 0 Å². The van der Waals surface area contributed by atoms with Crippen LogP contribution in [0.1, 0.15) is 43.8 Å². The van der Waals surface area contributed by atoms with Crippen LogP contribution in [0.3, 0.4) is 0 Å². The zero-order chi connectivity index (χ0) is 13.3.